The van der Waals surface area contributed by atoms with Crippen molar-refractivity contribution in [2.75, 3.05) is 0 Å². The van der Waals surface area contributed by atoms with Gasteiger partial charge in [-0.25, -0.2) is 0 Å². The Balaban J connectivity index is 0. The van der Waals surface area contributed by atoms with Gasteiger partial charge in [0.05, 0.1) is 0 Å². The molecule has 0 aromatic rings. The summed E-state index contributed by atoms with van der Waals surface area (Å²) in [7, 11) is 0. The maximum atomic E-state index is 8.41. The zero-order valence-electron chi connectivity index (χ0n) is 1.90. The fourth-order valence-corrected chi connectivity index (χ4v) is 0. The molecule has 0 heterocycles. The molecule has 0 aliphatic carbocycles. The summed E-state index contributed by atoms with van der Waals surface area (Å²) in [5.74, 6) is 0. The molecule has 0 unspecified atom stereocenters. The maximum absolute atomic E-state index is 8.41. The van der Waals surface area contributed by atoms with Crippen molar-refractivity contribution in [2.45, 2.75) is 0 Å². The molecule has 5 heavy (non-hydrogen) atoms. The van der Waals surface area contributed by atoms with Gasteiger partial charge < -0.3 is 0 Å². The first-order valence-electron chi connectivity index (χ1n) is 0.432. The van der Waals surface area contributed by atoms with Gasteiger partial charge in [0.15, 0.2) is 0 Å². The SMILES string of the molecule is [O]=[Cu].[O]=[Mn]=[O]. The summed E-state index contributed by atoms with van der Waals surface area (Å²) in [4.78, 5) is 0. The van der Waals surface area contributed by atoms with Gasteiger partial charge in [-0.2, -0.15) is 0 Å². The van der Waals surface area contributed by atoms with E-state index >= 15 is 0 Å². The van der Waals surface area contributed by atoms with Gasteiger partial charge in [0.1, 0.15) is 0 Å². The minimum absolute atomic E-state index is 1.44. The molecule has 0 aliphatic rings. The Kier molecular flexibility index (Phi) is 46.0. The quantitative estimate of drug-likeness (QED) is 0.462. The van der Waals surface area contributed by atoms with Crippen molar-refractivity contribution in [1.29, 1.82) is 0 Å². The van der Waals surface area contributed by atoms with Crippen molar-refractivity contribution in [2.24, 2.45) is 0 Å². The van der Waals surface area contributed by atoms with Crippen molar-refractivity contribution in [3.8, 4) is 0 Å². The zero-order valence-corrected chi connectivity index (χ0v) is 4.03. The van der Waals surface area contributed by atoms with Gasteiger partial charge in [0.25, 0.3) is 0 Å². The third kappa shape index (κ3) is 137. The van der Waals surface area contributed by atoms with E-state index in [0.717, 1.165) is 0 Å². The van der Waals surface area contributed by atoms with Crippen LogP contribution in [-0.4, -0.2) is 0 Å². The Labute approximate surface area is 42.7 Å². The van der Waals surface area contributed by atoms with Gasteiger partial charge in [-0.1, -0.05) is 0 Å². The molecule has 0 atom stereocenters. The average molecular weight is 166 g/mol. The molecule has 0 rings (SSSR count). The Bertz CT molecular complexity index is 36.2. The summed E-state index contributed by atoms with van der Waals surface area (Å²) in [6.45, 7) is 0. The van der Waals surface area contributed by atoms with Crippen LogP contribution in [0.4, 0.5) is 0 Å². The topological polar surface area (TPSA) is 51.2 Å². The second-order valence-corrected chi connectivity index (χ2v) is 0.260. The van der Waals surface area contributed by atoms with Crippen LogP contribution in [-0.2, 0) is 42.3 Å². The summed E-state index contributed by atoms with van der Waals surface area (Å²) in [6, 6.07) is 0. The molecular weight excluding hydrogens is 166 g/mol. The predicted octanol–water partition coefficient (Wildman–Crippen LogP) is -0.361. The van der Waals surface area contributed by atoms with E-state index in [9.17, 15) is 0 Å². The number of hydrogen-bond acceptors (Lipinski definition) is 3. The van der Waals surface area contributed by atoms with Crippen LogP contribution in [0.25, 0.3) is 0 Å². The Morgan fingerprint density at radius 2 is 1.20 bits per heavy atom. The molecule has 0 aliphatic heterocycles. The first-order valence-corrected chi connectivity index (χ1v) is 1.78. The molecule has 0 saturated heterocycles. The van der Waals surface area contributed by atoms with Crippen LogP contribution in [0.2, 0.25) is 0 Å². The molecule has 0 radical (unpaired) electrons. The standard InChI is InChI=1S/Cu.Mn.3O. The first-order chi connectivity index (χ1) is 2.41. The van der Waals surface area contributed by atoms with E-state index < -0.39 is 14.8 Å². The second-order valence-electron chi connectivity index (χ2n) is 0.0630. The molecule has 0 fully saturated rings. The monoisotopic (exact) mass is 166 g/mol. The third-order valence-corrected chi connectivity index (χ3v) is 0. The van der Waals surface area contributed by atoms with E-state index in [-0.39, 0.29) is 0 Å². The van der Waals surface area contributed by atoms with Crippen LogP contribution < -0.4 is 0 Å². The summed E-state index contributed by atoms with van der Waals surface area (Å²) in [5.41, 5.74) is 0. The molecule has 0 amide bonds. The van der Waals surface area contributed by atoms with Gasteiger partial charge in [-0.05, 0) is 0 Å². The molecule has 0 aromatic heterocycles. The van der Waals surface area contributed by atoms with Crippen molar-refractivity contribution in [1.82, 2.24) is 0 Å². The second kappa shape index (κ2) is 25.4. The fourth-order valence-electron chi connectivity index (χ4n) is 0. The van der Waals surface area contributed by atoms with Crippen molar-refractivity contribution in [3.05, 3.63) is 0 Å². The molecule has 3 nitrogen and oxygen atoms in total. The Hall–Kier alpha value is 0.439. The van der Waals surface area contributed by atoms with Crippen molar-refractivity contribution >= 4 is 0 Å². The van der Waals surface area contributed by atoms with E-state index in [2.05, 4.69) is 15.9 Å². The summed E-state index contributed by atoms with van der Waals surface area (Å²) in [6.07, 6.45) is 0. The summed E-state index contributed by atoms with van der Waals surface area (Å²) in [5, 5.41) is 0. The number of rotatable bonds is 0. The van der Waals surface area contributed by atoms with Crippen LogP contribution in [0.3, 0.4) is 0 Å². The van der Waals surface area contributed by atoms with Gasteiger partial charge in [0, 0.05) is 0 Å². The summed E-state index contributed by atoms with van der Waals surface area (Å²) >= 11 is 1.50. The fraction of sp³-hybridized carbons (Fsp3) is 0. The van der Waals surface area contributed by atoms with E-state index in [1.54, 1.807) is 0 Å². The molecule has 5 heteroatoms. The third-order valence-electron chi connectivity index (χ3n) is 0. The van der Waals surface area contributed by atoms with Crippen molar-refractivity contribution in [3.63, 3.8) is 0 Å². The predicted molar refractivity (Wildman–Crippen MR) is 2.06 cm³/mol. The van der Waals surface area contributed by atoms with Gasteiger partial charge in [0.2, 0.25) is 0 Å². The molecule has 0 aromatic carbocycles. The van der Waals surface area contributed by atoms with Crippen LogP contribution in [0.15, 0.2) is 0 Å². The van der Waals surface area contributed by atoms with Crippen LogP contribution in [0, 0.1) is 0 Å². The van der Waals surface area contributed by atoms with Gasteiger partial charge >= 0.3 is 42.3 Å². The number of hydrogen-bond donors (Lipinski definition) is 0. The van der Waals surface area contributed by atoms with E-state index in [4.69, 9.17) is 11.5 Å². The molecule has 0 saturated carbocycles. The van der Waals surface area contributed by atoms with Crippen molar-refractivity contribution < 1.29 is 42.3 Å². The van der Waals surface area contributed by atoms with Crippen LogP contribution in [0.5, 0.6) is 0 Å². The molecule has 0 N–H and O–H groups in total. The zero-order chi connectivity index (χ0) is 4.71. The average Bonchev–Trinajstić information content (AvgIpc) is 1.46. The molecular formula is CuMnO3. The first kappa shape index (κ1) is 9.06. The van der Waals surface area contributed by atoms with E-state index in [1.165, 1.54) is 0 Å². The molecule has 0 bridgehead atoms. The Morgan fingerprint density at radius 3 is 1.20 bits per heavy atom. The van der Waals surface area contributed by atoms with Gasteiger partial charge in [-0.3, -0.25) is 0 Å². The normalized spacial score (nSPS) is 3.60. The minimum atomic E-state index is -1.44. The van der Waals surface area contributed by atoms with Gasteiger partial charge in [-0.15, -0.1) is 0 Å². The summed E-state index contributed by atoms with van der Waals surface area (Å²) < 4.78 is 24.6. The van der Waals surface area contributed by atoms with Crippen LogP contribution >= 0.6 is 0 Å². The Morgan fingerprint density at radius 1 is 1.20 bits per heavy atom. The van der Waals surface area contributed by atoms with E-state index in [1.807, 2.05) is 0 Å². The molecule has 36 valence electrons. The van der Waals surface area contributed by atoms with E-state index in [0.29, 0.717) is 0 Å². The van der Waals surface area contributed by atoms with Crippen LogP contribution in [0.1, 0.15) is 0 Å². The molecule has 0 spiro atoms.